The fourth-order valence-electron chi connectivity index (χ4n) is 1.29. The Kier molecular flexibility index (Phi) is 6.32. The van der Waals surface area contributed by atoms with Gasteiger partial charge in [-0.05, 0) is 18.1 Å². The molecule has 0 amide bonds. The number of alkyl halides is 1. The third kappa shape index (κ3) is 3.70. The highest BCUT2D eigenvalue weighted by Gasteiger charge is 2.14. The summed E-state index contributed by atoms with van der Waals surface area (Å²) in [5.41, 5.74) is 6.69. The largest absolute Gasteiger partial charge is 0.478 e. The third-order valence-corrected chi connectivity index (χ3v) is 2.23. The van der Waals surface area contributed by atoms with Gasteiger partial charge in [0.15, 0.2) is 0 Å². The monoisotopic (exact) mass is 249 g/mol. The zero-order valence-electron chi connectivity index (χ0n) is 8.02. The summed E-state index contributed by atoms with van der Waals surface area (Å²) in [6.07, 6.45) is 0.575. The van der Waals surface area contributed by atoms with E-state index in [9.17, 15) is 4.79 Å². The topological polar surface area (TPSA) is 63.3 Å². The van der Waals surface area contributed by atoms with Crippen molar-refractivity contribution in [2.24, 2.45) is 5.73 Å². The van der Waals surface area contributed by atoms with Gasteiger partial charge in [0.1, 0.15) is 0 Å². The zero-order chi connectivity index (χ0) is 10.6. The second-order valence-corrected chi connectivity index (χ2v) is 3.35. The van der Waals surface area contributed by atoms with Gasteiger partial charge in [0, 0.05) is 11.9 Å². The molecule has 0 saturated heterocycles. The molecular formula is C10H13Cl2NO2. The van der Waals surface area contributed by atoms with Crippen LogP contribution in [0.1, 0.15) is 28.4 Å². The fraction of sp³-hybridized carbons (Fsp3) is 0.300. The van der Waals surface area contributed by atoms with E-state index in [2.05, 4.69) is 0 Å². The second kappa shape index (κ2) is 6.67. The molecule has 3 nitrogen and oxygen atoms in total. The Labute approximate surface area is 99.6 Å². The smallest absolute Gasteiger partial charge is 0.336 e. The van der Waals surface area contributed by atoms with Crippen molar-refractivity contribution in [3.05, 3.63) is 35.4 Å². The lowest BCUT2D eigenvalue weighted by atomic mass is 9.99. The molecule has 0 saturated carbocycles. The van der Waals surface area contributed by atoms with Crippen molar-refractivity contribution in [3.63, 3.8) is 0 Å². The van der Waals surface area contributed by atoms with Gasteiger partial charge < -0.3 is 10.8 Å². The quantitative estimate of drug-likeness (QED) is 0.806. The Bertz CT molecular complexity index is 331. The summed E-state index contributed by atoms with van der Waals surface area (Å²) in [7, 11) is 0. The Balaban J connectivity index is 0.00000196. The van der Waals surface area contributed by atoms with Crippen LogP contribution in [0.15, 0.2) is 24.3 Å². The molecule has 0 aliphatic rings. The molecule has 0 spiro atoms. The van der Waals surface area contributed by atoms with E-state index in [1.54, 1.807) is 24.3 Å². The molecule has 0 heterocycles. The molecule has 0 aliphatic carbocycles. The van der Waals surface area contributed by atoms with Crippen molar-refractivity contribution in [1.82, 2.24) is 0 Å². The molecular weight excluding hydrogens is 237 g/mol. The van der Waals surface area contributed by atoms with Crippen LogP contribution in [0.25, 0.3) is 0 Å². The van der Waals surface area contributed by atoms with Gasteiger partial charge in [-0.1, -0.05) is 18.2 Å². The maximum absolute atomic E-state index is 10.8. The Morgan fingerprint density at radius 3 is 2.60 bits per heavy atom. The van der Waals surface area contributed by atoms with E-state index in [1.807, 2.05) is 0 Å². The molecule has 0 aliphatic heterocycles. The lowest BCUT2D eigenvalue weighted by Gasteiger charge is -2.12. The minimum atomic E-state index is -0.953. The van der Waals surface area contributed by atoms with Crippen LogP contribution < -0.4 is 5.73 Å². The lowest BCUT2D eigenvalue weighted by molar-refractivity contribution is 0.0695. The lowest BCUT2D eigenvalue weighted by Crippen LogP contribution is -2.15. The number of hydrogen-bond donors (Lipinski definition) is 2. The van der Waals surface area contributed by atoms with E-state index in [1.165, 1.54) is 0 Å². The average molecular weight is 250 g/mol. The number of nitrogens with two attached hydrogens (primary N) is 1. The van der Waals surface area contributed by atoms with Crippen LogP contribution in [-0.2, 0) is 0 Å². The van der Waals surface area contributed by atoms with Gasteiger partial charge in [0.25, 0.3) is 0 Å². The number of halogens is 2. The predicted molar refractivity (Wildman–Crippen MR) is 62.9 cm³/mol. The molecule has 3 N–H and O–H groups in total. The highest BCUT2D eigenvalue weighted by atomic mass is 35.5. The van der Waals surface area contributed by atoms with E-state index in [-0.39, 0.29) is 24.0 Å². The van der Waals surface area contributed by atoms with Crippen LogP contribution in [0.4, 0.5) is 0 Å². The van der Waals surface area contributed by atoms with E-state index < -0.39 is 5.97 Å². The van der Waals surface area contributed by atoms with Gasteiger partial charge in [-0.15, -0.1) is 24.0 Å². The minimum Gasteiger partial charge on any atom is -0.478 e. The van der Waals surface area contributed by atoms with E-state index in [0.717, 1.165) is 0 Å². The number of rotatable bonds is 4. The molecule has 84 valence electrons. The molecule has 1 unspecified atom stereocenters. The van der Waals surface area contributed by atoms with Crippen LogP contribution in [0.5, 0.6) is 0 Å². The van der Waals surface area contributed by atoms with Crippen molar-refractivity contribution in [1.29, 1.82) is 0 Å². The standard InChI is InChI=1S/C10H12ClNO2.ClH/c11-6-5-9(12)7-3-1-2-4-8(7)10(13)14;/h1-4,9H,5-6,12H2,(H,13,14);1H. The number of hydrogen-bond acceptors (Lipinski definition) is 2. The zero-order valence-corrected chi connectivity index (χ0v) is 9.59. The van der Waals surface area contributed by atoms with Crippen molar-refractivity contribution >= 4 is 30.0 Å². The van der Waals surface area contributed by atoms with Gasteiger partial charge in [-0.25, -0.2) is 4.79 Å². The Morgan fingerprint density at radius 2 is 2.07 bits per heavy atom. The van der Waals surface area contributed by atoms with Gasteiger partial charge in [-0.3, -0.25) is 0 Å². The summed E-state index contributed by atoms with van der Waals surface area (Å²) in [6.45, 7) is 0. The van der Waals surface area contributed by atoms with Crippen LogP contribution in [0.3, 0.4) is 0 Å². The van der Waals surface area contributed by atoms with E-state index >= 15 is 0 Å². The van der Waals surface area contributed by atoms with Crippen molar-refractivity contribution in [3.8, 4) is 0 Å². The first-order chi connectivity index (χ1) is 6.66. The summed E-state index contributed by atoms with van der Waals surface area (Å²) in [5.74, 6) is -0.527. The second-order valence-electron chi connectivity index (χ2n) is 2.98. The van der Waals surface area contributed by atoms with Crippen LogP contribution in [0.2, 0.25) is 0 Å². The van der Waals surface area contributed by atoms with Crippen molar-refractivity contribution in [2.75, 3.05) is 5.88 Å². The molecule has 0 bridgehead atoms. The van der Waals surface area contributed by atoms with Gasteiger partial charge in [0.05, 0.1) is 5.56 Å². The number of carboxylic acid groups (broad SMARTS) is 1. The van der Waals surface area contributed by atoms with E-state index in [4.69, 9.17) is 22.4 Å². The molecule has 1 aromatic carbocycles. The number of benzene rings is 1. The molecule has 0 radical (unpaired) electrons. The van der Waals surface area contributed by atoms with Crippen LogP contribution >= 0.6 is 24.0 Å². The molecule has 0 aromatic heterocycles. The summed E-state index contributed by atoms with van der Waals surface area (Å²) >= 11 is 5.55. The highest BCUT2D eigenvalue weighted by molar-refractivity contribution is 6.17. The average Bonchev–Trinajstić information content (AvgIpc) is 2.18. The molecule has 5 heteroatoms. The Hall–Kier alpha value is -0.770. The first kappa shape index (κ1) is 14.2. The SMILES string of the molecule is Cl.NC(CCCl)c1ccccc1C(=O)O. The highest BCUT2D eigenvalue weighted by Crippen LogP contribution is 2.19. The minimum absolute atomic E-state index is 0. The summed E-state index contributed by atoms with van der Waals surface area (Å²) in [6, 6.07) is 6.42. The maximum Gasteiger partial charge on any atom is 0.336 e. The molecule has 1 rings (SSSR count). The number of carboxylic acids is 1. The fourth-order valence-corrected chi connectivity index (χ4v) is 1.52. The molecule has 0 fully saturated rings. The first-order valence-corrected chi connectivity index (χ1v) is 4.84. The van der Waals surface area contributed by atoms with Crippen molar-refractivity contribution < 1.29 is 9.90 Å². The maximum atomic E-state index is 10.8. The first-order valence-electron chi connectivity index (χ1n) is 4.30. The summed E-state index contributed by atoms with van der Waals surface area (Å²) in [4.78, 5) is 10.8. The number of carbonyl (C=O) groups is 1. The number of aromatic carboxylic acids is 1. The van der Waals surface area contributed by atoms with Gasteiger partial charge in [-0.2, -0.15) is 0 Å². The summed E-state index contributed by atoms with van der Waals surface area (Å²) in [5, 5.41) is 8.89. The Morgan fingerprint density at radius 1 is 1.47 bits per heavy atom. The van der Waals surface area contributed by atoms with Gasteiger partial charge in [0.2, 0.25) is 0 Å². The normalized spacial score (nSPS) is 11.6. The van der Waals surface area contributed by atoms with Crippen molar-refractivity contribution in [2.45, 2.75) is 12.5 Å². The molecule has 15 heavy (non-hydrogen) atoms. The predicted octanol–water partition coefficient (Wildman–Crippen LogP) is 2.44. The molecule has 1 aromatic rings. The third-order valence-electron chi connectivity index (χ3n) is 2.01. The van der Waals surface area contributed by atoms with Crippen LogP contribution in [0, 0.1) is 0 Å². The van der Waals surface area contributed by atoms with Crippen LogP contribution in [-0.4, -0.2) is 17.0 Å². The van der Waals surface area contributed by atoms with Gasteiger partial charge >= 0.3 is 5.97 Å². The molecule has 1 atom stereocenters. The summed E-state index contributed by atoms with van der Waals surface area (Å²) < 4.78 is 0. The van der Waals surface area contributed by atoms with E-state index in [0.29, 0.717) is 17.9 Å².